The Kier molecular flexibility index (Phi) is 5.36. The van der Waals surface area contributed by atoms with Crippen LogP contribution in [0.3, 0.4) is 0 Å². The van der Waals surface area contributed by atoms with Crippen molar-refractivity contribution in [2.24, 2.45) is 5.41 Å². The van der Waals surface area contributed by atoms with Gasteiger partial charge in [0.25, 0.3) is 0 Å². The third-order valence-corrected chi connectivity index (χ3v) is 4.93. The third kappa shape index (κ3) is 3.67. The van der Waals surface area contributed by atoms with Crippen molar-refractivity contribution in [3.8, 4) is 0 Å². The lowest BCUT2D eigenvalue weighted by Gasteiger charge is -2.29. The van der Waals surface area contributed by atoms with Crippen LogP contribution >= 0.6 is 24.0 Å². The van der Waals surface area contributed by atoms with Crippen LogP contribution in [-0.4, -0.2) is 37.6 Å². The summed E-state index contributed by atoms with van der Waals surface area (Å²) in [6, 6.07) is 8.41. The summed E-state index contributed by atoms with van der Waals surface area (Å²) in [6.07, 6.45) is 2.60. The molecule has 2 saturated heterocycles. The van der Waals surface area contributed by atoms with Crippen LogP contribution in [0.1, 0.15) is 31.2 Å². The van der Waals surface area contributed by atoms with Gasteiger partial charge in [-0.05, 0) is 55.0 Å². The van der Waals surface area contributed by atoms with Gasteiger partial charge in [0.05, 0.1) is 0 Å². The van der Waals surface area contributed by atoms with Crippen molar-refractivity contribution in [1.82, 2.24) is 10.2 Å². The van der Waals surface area contributed by atoms with Gasteiger partial charge in [0.2, 0.25) is 0 Å². The maximum atomic E-state index is 5.96. The van der Waals surface area contributed by atoms with E-state index in [0.717, 1.165) is 5.02 Å². The zero-order chi connectivity index (χ0) is 13.3. The van der Waals surface area contributed by atoms with Gasteiger partial charge in [0.1, 0.15) is 0 Å². The minimum atomic E-state index is 0. The molecule has 2 fully saturated rings. The van der Waals surface area contributed by atoms with E-state index in [1.165, 1.54) is 51.1 Å². The maximum Gasteiger partial charge on any atom is 0.0406 e. The molecule has 0 saturated carbocycles. The van der Waals surface area contributed by atoms with E-state index in [9.17, 15) is 0 Å². The largest absolute Gasteiger partial charge is 0.316 e. The Bertz CT molecular complexity index is 427. The van der Waals surface area contributed by atoms with Gasteiger partial charge in [0.15, 0.2) is 0 Å². The smallest absolute Gasteiger partial charge is 0.0406 e. The highest BCUT2D eigenvalue weighted by Crippen LogP contribution is 2.32. The van der Waals surface area contributed by atoms with Crippen molar-refractivity contribution >= 4 is 24.0 Å². The van der Waals surface area contributed by atoms with Crippen molar-refractivity contribution < 1.29 is 0 Å². The van der Waals surface area contributed by atoms with Crippen LogP contribution in [0.2, 0.25) is 5.02 Å². The molecule has 2 heterocycles. The Morgan fingerprint density at radius 1 is 1.35 bits per heavy atom. The standard InChI is InChI=1S/C16H23ClN2.ClH/c1-16(7-8-18-11-16)12-19-9-6-14(10-19)13-2-4-15(17)5-3-13;/h2-5,14,18H,6-12H2,1H3;1H. The number of likely N-dealkylation sites (tertiary alicyclic amines) is 1. The van der Waals surface area contributed by atoms with Crippen molar-refractivity contribution in [3.63, 3.8) is 0 Å². The van der Waals surface area contributed by atoms with Gasteiger partial charge in [-0.25, -0.2) is 0 Å². The molecule has 0 bridgehead atoms. The normalized spacial score (nSPS) is 30.4. The molecule has 2 nitrogen and oxygen atoms in total. The molecular formula is C16H24Cl2N2. The SMILES string of the molecule is CC1(CN2CCC(c3ccc(Cl)cc3)C2)CCNC1.Cl. The predicted octanol–water partition coefficient (Wildman–Crippen LogP) is 3.55. The lowest BCUT2D eigenvalue weighted by molar-refractivity contribution is 0.207. The van der Waals surface area contributed by atoms with E-state index in [-0.39, 0.29) is 12.4 Å². The van der Waals surface area contributed by atoms with Gasteiger partial charge in [0, 0.05) is 24.7 Å². The average molecular weight is 315 g/mol. The minimum Gasteiger partial charge on any atom is -0.316 e. The molecule has 0 spiro atoms. The molecule has 0 amide bonds. The second kappa shape index (κ2) is 6.65. The van der Waals surface area contributed by atoms with E-state index in [0.29, 0.717) is 11.3 Å². The number of benzene rings is 1. The van der Waals surface area contributed by atoms with Crippen LogP contribution in [0.4, 0.5) is 0 Å². The Hall–Kier alpha value is -0.280. The minimum absolute atomic E-state index is 0. The van der Waals surface area contributed by atoms with E-state index in [1.807, 2.05) is 12.1 Å². The summed E-state index contributed by atoms with van der Waals surface area (Å²) < 4.78 is 0. The fraction of sp³-hybridized carbons (Fsp3) is 0.625. The molecule has 4 heteroatoms. The highest BCUT2D eigenvalue weighted by atomic mass is 35.5. The molecule has 1 aromatic carbocycles. The van der Waals surface area contributed by atoms with Crippen molar-refractivity contribution in [3.05, 3.63) is 34.9 Å². The average Bonchev–Trinajstić information content (AvgIpc) is 3.00. The summed E-state index contributed by atoms with van der Waals surface area (Å²) in [7, 11) is 0. The van der Waals surface area contributed by atoms with Crippen LogP contribution in [0, 0.1) is 5.41 Å². The van der Waals surface area contributed by atoms with Crippen LogP contribution < -0.4 is 5.32 Å². The van der Waals surface area contributed by atoms with Crippen LogP contribution in [0.25, 0.3) is 0 Å². The number of nitrogens with zero attached hydrogens (tertiary/aromatic N) is 1. The molecular weight excluding hydrogens is 291 g/mol. The van der Waals surface area contributed by atoms with Crippen LogP contribution in [0.15, 0.2) is 24.3 Å². The van der Waals surface area contributed by atoms with Gasteiger partial charge >= 0.3 is 0 Å². The Morgan fingerprint density at radius 3 is 2.75 bits per heavy atom. The monoisotopic (exact) mass is 314 g/mol. The first-order valence-electron chi connectivity index (χ1n) is 7.33. The van der Waals surface area contributed by atoms with E-state index >= 15 is 0 Å². The van der Waals surface area contributed by atoms with Crippen molar-refractivity contribution in [2.45, 2.75) is 25.7 Å². The third-order valence-electron chi connectivity index (χ3n) is 4.68. The fourth-order valence-electron chi connectivity index (χ4n) is 3.53. The topological polar surface area (TPSA) is 15.3 Å². The number of halogens is 2. The van der Waals surface area contributed by atoms with Crippen LogP contribution in [-0.2, 0) is 0 Å². The Balaban J connectivity index is 0.00000147. The highest BCUT2D eigenvalue weighted by molar-refractivity contribution is 6.30. The molecule has 0 aromatic heterocycles. The number of rotatable bonds is 3. The first-order chi connectivity index (χ1) is 9.15. The maximum absolute atomic E-state index is 5.96. The van der Waals surface area contributed by atoms with E-state index in [1.54, 1.807) is 0 Å². The summed E-state index contributed by atoms with van der Waals surface area (Å²) in [5.41, 5.74) is 1.93. The molecule has 2 aliphatic heterocycles. The first-order valence-corrected chi connectivity index (χ1v) is 7.71. The number of hydrogen-bond donors (Lipinski definition) is 1. The fourth-order valence-corrected chi connectivity index (χ4v) is 3.65. The van der Waals surface area contributed by atoms with Gasteiger partial charge in [-0.1, -0.05) is 30.7 Å². The molecule has 0 radical (unpaired) electrons. The predicted molar refractivity (Wildman–Crippen MR) is 88.1 cm³/mol. The van der Waals surface area contributed by atoms with Gasteiger partial charge in [-0.2, -0.15) is 0 Å². The summed E-state index contributed by atoms with van der Waals surface area (Å²) in [4.78, 5) is 2.65. The summed E-state index contributed by atoms with van der Waals surface area (Å²) in [5.74, 6) is 0.690. The lowest BCUT2D eigenvalue weighted by atomic mass is 9.89. The molecule has 3 rings (SSSR count). The van der Waals surface area contributed by atoms with Gasteiger partial charge in [-0.3, -0.25) is 0 Å². The summed E-state index contributed by atoms with van der Waals surface area (Å²) in [6.45, 7) is 8.47. The van der Waals surface area contributed by atoms with Crippen LogP contribution in [0.5, 0.6) is 0 Å². The molecule has 2 atom stereocenters. The van der Waals surface area contributed by atoms with Gasteiger partial charge in [-0.15, -0.1) is 12.4 Å². The lowest BCUT2D eigenvalue weighted by Crippen LogP contribution is -2.36. The zero-order valence-corrected chi connectivity index (χ0v) is 13.6. The molecule has 2 unspecified atom stereocenters. The van der Waals surface area contributed by atoms with E-state index < -0.39 is 0 Å². The second-order valence-electron chi connectivity index (χ2n) is 6.51. The first kappa shape index (κ1) is 16.1. The van der Waals surface area contributed by atoms with Crippen molar-refractivity contribution in [1.29, 1.82) is 0 Å². The molecule has 1 N–H and O–H groups in total. The Morgan fingerprint density at radius 2 is 2.10 bits per heavy atom. The zero-order valence-electron chi connectivity index (χ0n) is 12.1. The number of nitrogens with one attached hydrogen (secondary N) is 1. The summed E-state index contributed by atoms with van der Waals surface area (Å²) in [5, 5.41) is 4.33. The summed E-state index contributed by atoms with van der Waals surface area (Å²) >= 11 is 5.96. The molecule has 1 aromatic rings. The molecule has 20 heavy (non-hydrogen) atoms. The van der Waals surface area contributed by atoms with Gasteiger partial charge < -0.3 is 10.2 Å². The van der Waals surface area contributed by atoms with Crippen molar-refractivity contribution in [2.75, 3.05) is 32.7 Å². The Labute approximate surface area is 133 Å². The molecule has 0 aliphatic carbocycles. The highest BCUT2D eigenvalue weighted by Gasteiger charge is 2.33. The quantitative estimate of drug-likeness (QED) is 0.918. The second-order valence-corrected chi connectivity index (χ2v) is 6.95. The number of hydrogen-bond acceptors (Lipinski definition) is 2. The van der Waals surface area contributed by atoms with E-state index in [4.69, 9.17) is 11.6 Å². The molecule has 2 aliphatic rings. The van der Waals surface area contributed by atoms with E-state index in [2.05, 4.69) is 29.3 Å². The molecule has 112 valence electrons.